The number of nitrogens with one attached hydrogen (secondary N) is 1. The van der Waals surface area contributed by atoms with E-state index in [1.54, 1.807) is 18.2 Å². The summed E-state index contributed by atoms with van der Waals surface area (Å²) in [6.07, 6.45) is 2.02. The lowest BCUT2D eigenvalue weighted by atomic mass is 9.98. The molecule has 24 heavy (non-hydrogen) atoms. The molecule has 0 unspecified atom stereocenters. The summed E-state index contributed by atoms with van der Waals surface area (Å²) >= 11 is 0. The topological polar surface area (TPSA) is 71.3 Å². The van der Waals surface area contributed by atoms with Gasteiger partial charge in [0, 0.05) is 12.3 Å². The van der Waals surface area contributed by atoms with Crippen molar-refractivity contribution >= 4 is 11.6 Å². The first kappa shape index (κ1) is 18.3. The Kier molecular flexibility index (Phi) is 5.84. The number of nitrogens with zero attached hydrogens (tertiary/aromatic N) is 1. The monoisotopic (exact) mass is 330 g/mol. The largest absolute Gasteiger partial charge is 0.492 e. The molecule has 0 spiro atoms. The number of benzene rings is 1. The van der Waals surface area contributed by atoms with Crippen LogP contribution < -0.4 is 10.1 Å². The first-order valence-electron chi connectivity index (χ1n) is 8.53. The lowest BCUT2D eigenvalue weighted by Gasteiger charge is -2.28. The summed E-state index contributed by atoms with van der Waals surface area (Å²) in [4.78, 5) is 12.7. The molecule has 1 aliphatic rings. The molecule has 1 aromatic carbocycles. The molecule has 0 aromatic heterocycles. The zero-order valence-electron chi connectivity index (χ0n) is 14.9. The Morgan fingerprint density at radius 2 is 2.17 bits per heavy atom. The number of carbonyl (C=O) groups is 1. The summed E-state index contributed by atoms with van der Waals surface area (Å²) in [5.74, 6) is 1.02. The van der Waals surface area contributed by atoms with E-state index in [2.05, 4.69) is 11.4 Å². The van der Waals surface area contributed by atoms with Gasteiger partial charge in [0.1, 0.15) is 17.4 Å². The molecule has 0 aliphatic heterocycles. The predicted molar refractivity (Wildman–Crippen MR) is 92.9 cm³/mol. The van der Waals surface area contributed by atoms with Crippen molar-refractivity contribution in [3.8, 4) is 11.8 Å². The van der Waals surface area contributed by atoms with Crippen LogP contribution in [0.2, 0.25) is 0 Å². The van der Waals surface area contributed by atoms with Crippen molar-refractivity contribution in [1.29, 1.82) is 5.26 Å². The van der Waals surface area contributed by atoms with Gasteiger partial charge in [0.05, 0.1) is 12.2 Å². The molecule has 0 saturated heterocycles. The number of hydrogen-bond acceptors (Lipinski definition) is 4. The van der Waals surface area contributed by atoms with Crippen molar-refractivity contribution in [1.82, 2.24) is 0 Å². The quantitative estimate of drug-likeness (QED) is 0.788. The molecule has 1 aromatic rings. The van der Waals surface area contributed by atoms with Crippen LogP contribution in [0.25, 0.3) is 0 Å². The molecule has 1 amide bonds. The third-order valence-corrected chi connectivity index (χ3v) is 4.18. The molecule has 130 valence electrons. The van der Waals surface area contributed by atoms with Crippen LogP contribution >= 0.6 is 0 Å². The lowest BCUT2D eigenvalue weighted by molar-refractivity contribution is -0.141. The van der Waals surface area contributed by atoms with E-state index in [0.717, 1.165) is 12.8 Å². The van der Waals surface area contributed by atoms with Crippen LogP contribution in [0.4, 0.5) is 5.69 Å². The molecular weight excluding hydrogens is 304 g/mol. The van der Waals surface area contributed by atoms with Crippen molar-refractivity contribution in [2.75, 3.05) is 18.5 Å². The van der Waals surface area contributed by atoms with E-state index in [9.17, 15) is 10.1 Å². The van der Waals surface area contributed by atoms with Crippen LogP contribution in [0, 0.1) is 23.2 Å². The zero-order chi connectivity index (χ0) is 17.7. The van der Waals surface area contributed by atoms with Gasteiger partial charge in [0.2, 0.25) is 0 Å². The fourth-order valence-electron chi connectivity index (χ4n) is 2.64. The Bertz CT molecular complexity index is 632. The second-order valence-corrected chi connectivity index (χ2v) is 6.80. The van der Waals surface area contributed by atoms with Crippen LogP contribution in [0.3, 0.4) is 0 Å². The standard InChI is InChI=1S/C19H26N2O3/c1-5-24-19(4,15-6-7-15)18(22)21-16-8-9-17(14(10-16)11-20)23-12-13(2)3/h8-10,13,15H,5-7,12H2,1-4H3,(H,21,22)/t19-/m1/s1. The van der Waals surface area contributed by atoms with Crippen molar-refractivity contribution in [3.05, 3.63) is 23.8 Å². The third kappa shape index (κ3) is 4.27. The highest BCUT2D eigenvalue weighted by atomic mass is 16.5. The van der Waals surface area contributed by atoms with Crippen molar-refractivity contribution in [2.24, 2.45) is 11.8 Å². The second kappa shape index (κ2) is 7.67. The SMILES string of the molecule is CCO[C@@](C)(C(=O)Nc1ccc(OCC(C)C)c(C#N)c1)C1CC1. The van der Waals surface area contributed by atoms with E-state index in [4.69, 9.17) is 9.47 Å². The molecular formula is C19H26N2O3. The molecule has 0 radical (unpaired) electrons. The second-order valence-electron chi connectivity index (χ2n) is 6.80. The van der Waals surface area contributed by atoms with Gasteiger partial charge < -0.3 is 14.8 Å². The van der Waals surface area contributed by atoms with Gasteiger partial charge in [-0.15, -0.1) is 0 Å². The molecule has 1 aliphatic carbocycles. The Morgan fingerprint density at radius 1 is 1.46 bits per heavy atom. The highest BCUT2D eigenvalue weighted by molar-refractivity contribution is 5.97. The first-order chi connectivity index (χ1) is 11.4. The Morgan fingerprint density at radius 3 is 2.71 bits per heavy atom. The first-order valence-corrected chi connectivity index (χ1v) is 8.53. The van der Waals surface area contributed by atoms with Gasteiger partial charge in [-0.3, -0.25) is 4.79 Å². The third-order valence-electron chi connectivity index (χ3n) is 4.18. The summed E-state index contributed by atoms with van der Waals surface area (Å²) in [6.45, 7) is 8.87. The fraction of sp³-hybridized carbons (Fsp3) is 0.579. The maximum absolute atomic E-state index is 12.7. The fourth-order valence-corrected chi connectivity index (χ4v) is 2.64. The molecule has 5 nitrogen and oxygen atoms in total. The molecule has 5 heteroatoms. The van der Waals surface area contributed by atoms with Crippen LogP contribution in [0.1, 0.15) is 46.1 Å². The number of amides is 1. The normalized spacial score (nSPS) is 16.3. The van der Waals surface area contributed by atoms with Crippen molar-refractivity contribution in [2.45, 2.75) is 46.1 Å². The summed E-state index contributed by atoms with van der Waals surface area (Å²) in [5, 5.41) is 12.2. The minimum Gasteiger partial charge on any atom is -0.492 e. The van der Waals surface area contributed by atoms with E-state index in [1.807, 2.05) is 27.7 Å². The number of carbonyl (C=O) groups excluding carboxylic acids is 1. The van der Waals surface area contributed by atoms with E-state index < -0.39 is 5.60 Å². The summed E-state index contributed by atoms with van der Waals surface area (Å²) in [6, 6.07) is 7.26. The van der Waals surface area contributed by atoms with E-state index >= 15 is 0 Å². The Balaban J connectivity index is 2.12. The summed E-state index contributed by atoms with van der Waals surface area (Å²) in [5.41, 5.74) is 0.187. The van der Waals surface area contributed by atoms with Gasteiger partial charge in [0.25, 0.3) is 5.91 Å². The van der Waals surface area contributed by atoms with E-state index in [0.29, 0.717) is 36.1 Å². The average molecular weight is 330 g/mol. The van der Waals surface area contributed by atoms with Crippen LogP contribution in [0.15, 0.2) is 18.2 Å². The molecule has 0 heterocycles. The van der Waals surface area contributed by atoms with Gasteiger partial charge in [0.15, 0.2) is 0 Å². The van der Waals surface area contributed by atoms with Crippen molar-refractivity contribution < 1.29 is 14.3 Å². The number of nitriles is 1. The van der Waals surface area contributed by atoms with Gasteiger partial charge in [-0.25, -0.2) is 0 Å². The molecule has 1 fully saturated rings. The number of ether oxygens (including phenoxy) is 2. The van der Waals surface area contributed by atoms with E-state index in [-0.39, 0.29) is 11.8 Å². The molecule has 1 saturated carbocycles. The number of rotatable bonds is 8. The molecule has 1 atom stereocenters. The summed E-state index contributed by atoms with van der Waals surface area (Å²) in [7, 11) is 0. The predicted octanol–water partition coefficient (Wildman–Crippen LogP) is 3.74. The van der Waals surface area contributed by atoms with Crippen LogP contribution in [-0.4, -0.2) is 24.7 Å². The van der Waals surface area contributed by atoms with Gasteiger partial charge in [-0.2, -0.15) is 5.26 Å². The maximum Gasteiger partial charge on any atom is 0.256 e. The minimum absolute atomic E-state index is 0.161. The van der Waals surface area contributed by atoms with Gasteiger partial charge >= 0.3 is 0 Å². The highest BCUT2D eigenvalue weighted by Gasteiger charge is 2.48. The van der Waals surface area contributed by atoms with Crippen molar-refractivity contribution in [3.63, 3.8) is 0 Å². The summed E-state index contributed by atoms with van der Waals surface area (Å²) < 4.78 is 11.4. The number of anilines is 1. The Labute approximate surface area is 144 Å². The van der Waals surface area contributed by atoms with Gasteiger partial charge in [-0.1, -0.05) is 13.8 Å². The number of hydrogen-bond donors (Lipinski definition) is 1. The molecule has 1 N–H and O–H groups in total. The zero-order valence-corrected chi connectivity index (χ0v) is 14.9. The Hall–Kier alpha value is -2.06. The van der Waals surface area contributed by atoms with Gasteiger partial charge in [-0.05, 0) is 56.7 Å². The van der Waals surface area contributed by atoms with Crippen LogP contribution in [0.5, 0.6) is 5.75 Å². The molecule has 0 bridgehead atoms. The molecule has 2 rings (SSSR count). The lowest BCUT2D eigenvalue weighted by Crippen LogP contribution is -2.44. The van der Waals surface area contributed by atoms with Crippen LogP contribution in [-0.2, 0) is 9.53 Å². The highest BCUT2D eigenvalue weighted by Crippen LogP contribution is 2.42. The maximum atomic E-state index is 12.7. The smallest absolute Gasteiger partial charge is 0.256 e. The van der Waals surface area contributed by atoms with E-state index in [1.165, 1.54) is 0 Å². The average Bonchev–Trinajstić information content (AvgIpc) is 3.38. The minimum atomic E-state index is -0.811.